The zero-order chi connectivity index (χ0) is 18.2. The number of carbonyl (C=O) groups is 1. The summed E-state index contributed by atoms with van der Waals surface area (Å²) in [5.74, 6) is 0.514. The minimum atomic E-state index is -0.267. The molecule has 3 rings (SSSR count). The first-order chi connectivity index (χ1) is 12.7. The molecule has 0 aliphatic carbocycles. The summed E-state index contributed by atoms with van der Waals surface area (Å²) in [4.78, 5) is 12.1. The molecule has 0 atom stereocenters. The van der Waals surface area contributed by atoms with E-state index in [0.29, 0.717) is 12.2 Å². The molecule has 0 saturated heterocycles. The molecular formula is C21H17BrN2O2. The number of nitrogens with one attached hydrogen (secondary N) is 1. The van der Waals surface area contributed by atoms with E-state index in [1.807, 2.05) is 66.7 Å². The van der Waals surface area contributed by atoms with Crippen molar-refractivity contribution in [2.45, 2.75) is 6.61 Å². The summed E-state index contributed by atoms with van der Waals surface area (Å²) in [6.07, 6.45) is 1.59. The molecule has 3 aromatic rings. The maximum absolute atomic E-state index is 12.1. The normalized spacial score (nSPS) is 10.7. The Morgan fingerprint density at radius 1 is 0.962 bits per heavy atom. The average Bonchev–Trinajstić information content (AvgIpc) is 2.68. The lowest BCUT2D eigenvalue weighted by atomic mass is 10.2. The second kappa shape index (κ2) is 8.97. The second-order valence-electron chi connectivity index (χ2n) is 5.52. The predicted octanol–water partition coefficient (Wildman–Crippen LogP) is 4.79. The number of nitrogens with zero attached hydrogens (tertiary/aromatic N) is 1. The number of ether oxygens (including phenoxy) is 1. The third-order valence-corrected chi connectivity index (χ3v) is 4.32. The van der Waals surface area contributed by atoms with Crippen LogP contribution >= 0.6 is 15.9 Å². The molecule has 0 aliphatic heterocycles. The van der Waals surface area contributed by atoms with E-state index < -0.39 is 0 Å². The highest BCUT2D eigenvalue weighted by Crippen LogP contribution is 2.16. The topological polar surface area (TPSA) is 50.7 Å². The minimum absolute atomic E-state index is 0.267. The van der Waals surface area contributed by atoms with Crippen LogP contribution in [0, 0.1) is 0 Å². The maximum atomic E-state index is 12.1. The third-order valence-electron chi connectivity index (χ3n) is 3.63. The molecule has 0 fully saturated rings. The van der Waals surface area contributed by atoms with Crippen molar-refractivity contribution in [3.8, 4) is 5.75 Å². The van der Waals surface area contributed by atoms with E-state index in [4.69, 9.17) is 4.74 Å². The fourth-order valence-corrected chi connectivity index (χ4v) is 2.73. The van der Waals surface area contributed by atoms with Crippen LogP contribution < -0.4 is 10.2 Å². The molecule has 1 amide bonds. The zero-order valence-electron chi connectivity index (χ0n) is 13.9. The highest BCUT2D eigenvalue weighted by molar-refractivity contribution is 9.10. The smallest absolute Gasteiger partial charge is 0.272 e. The molecule has 0 aliphatic rings. The lowest BCUT2D eigenvalue weighted by Gasteiger charge is -2.06. The van der Waals surface area contributed by atoms with Crippen LogP contribution in [0.3, 0.4) is 0 Å². The van der Waals surface area contributed by atoms with Gasteiger partial charge in [-0.25, -0.2) is 5.43 Å². The van der Waals surface area contributed by atoms with Gasteiger partial charge in [0.25, 0.3) is 5.91 Å². The van der Waals surface area contributed by atoms with Crippen molar-refractivity contribution in [1.29, 1.82) is 0 Å². The van der Waals surface area contributed by atoms with Crippen molar-refractivity contribution >= 4 is 28.1 Å². The Morgan fingerprint density at radius 2 is 1.65 bits per heavy atom. The summed E-state index contributed by atoms with van der Waals surface area (Å²) in [5, 5.41) is 4.00. The van der Waals surface area contributed by atoms with Crippen LogP contribution in [0.5, 0.6) is 5.75 Å². The number of amides is 1. The zero-order valence-corrected chi connectivity index (χ0v) is 15.5. The number of rotatable bonds is 6. The van der Waals surface area contributed by atoms with Gasteiger partial charge in [-0.3, -0.25) is 4.79 Å². The van der Waals surface area contributed by atoms with E-state index in [1.54, 1.807) is 18.3 Å². The van der Waals surface area contributed by atoms with Gasteiger partial charge in [-0.2, -0.15) is 5.10 Å². The van der Waals surface area contributed by atoms with Crippen LogP contribution in [0.2, 0.25) is 0 Å². The molecule has 0 heterocycles. The molecule has 130 valence electrons. The molecular weight excluding hydrogens is 392 g/mol. The summed E-state index contributed by atoms with van der Waals surface area (Å²) >= 11 is 3.35. The van der Waals surface area contributed by atoms with Crippen LogP contribution in [0.15, 0.2) is 88.4 Å². The van der Waals surface area contributed by atoms with Gasteiger partial charge in [0.05, 0.1) is 11.8 Å². The maximum Gasteiger partial charge on any atom is 0.272 e. The molecule has 0 unspecified atom stereocenters. The first-order valence-corrected chi connectivity index (χ1v) is 8.86. The van der Waals surface area contributed by atoms with Crippen molar-refractivity contribution in [2.75, 3.05) is 0 Å². The molecule has 5 heteroatoms. The Kier molecular flexibility index (Phi) is 6.17. The van der Waals surface area contributed by atoms with Gasteiger partial charge in [-0.15, -0.1) is 0 Å². The SMILES string of the molecule is O=C(N/N=C\c1ccc(OCc2ccccc2)cc1)c1ccccc1Br. The van der Waals surface area contributed by atoms with Gasteiger partial charge >= 0.3 is 0 Å². The Labute approximate surface area is 160 Å². The second-order valence-corrected chi connectivity index (χ2v) is 6.38. The molecule has 0 bridgehead atoms. The number of hydrogen-bond donors (Lipinski definition) is 1. The third kappa shape index (κ3) is 5.04. The summed E-state index contributed by atoms with van der Waals surface area (Å²) in [6.45, 7) is 0.524. The lowest BCUT2D eigenvalue weighted by molar-refractivity contribution is 0.0954. The van der Waals surface area contributed by atoms with Gasteiger partial charge in [0, 0.05) is 4.47 Å². The molecule has 0 aromatic heterocycles. The Balaban J connectivity index is 1.53. The molecule has 0 spiro atoms. The highest BCUT2D eigenvalue weighted by atomic mass is 79.9. The van der Waals surface area contributed by atoms with Crippen molar-refractivity contribution in [3.63, 3.8) is 0 Å². The number of halogens is 1. The van der Waals surface area contributed by atoms with Crippen molar-refractivity contribution in [1.82, 2.24) is 5.43 Å². The fraction of sp³-hybridized carbons (Fsp3) is 0.0476. The Morgan fingerprint density at radius 3 is 2.38 bits per heavy atom. The first kappa shape index (κ1) is 17.9. The summed E-state index contributed by atoms with van der Waals surface area (Å²) in [6, 6.07) is 24.7. The standard InChI is InChI=1S/C21H17BrN2O2/c22-20-9-5-4-8-19(20)21(25)24-23-14-16-10-12-18(13-11-16)26-15-17-6-2-1-3-7-17/h1-14H,15H2,(H,24,25)/b23-14-. The predicted molar refractivity (Wildman–Crippen MR) is 106 cm³/mol. The van der Waals surface area contributed by atoms with Crippen LogP contribution in [0.25, 0.3) is 0 Å². The fourth-order valence-electron chi connectivity index (χ4n) is 2.26. The largest absolute Gasteiger partial charge is 0.489 e. The monoisotopic (exact) mass is 408 g/mol. The Hall–Kier alpha value is -2.92. The van der Waals surface area contributed by atoms with Crippen LogP contribution in [0.1, 0.15) is 21.5 Å². The minimum Gasteiger partial charge on any atom is -0.489 e. The van der Waals surface area contributed by atoms with E-state index >= 15 is 0 Å². The van der Waals surface area contributed by atoms with Gasteiger partial charge in [-0.05, 0) is 63.5 Å². The number of hydrazone groups is 1. The molecule has 26 heavy (non-hydrogen) atoms. The molecule has 1 N–H and O–H groups in total. The van der Waals surface area contributed by atoms with Crippen LogP contribution in [-0.2, 0) is 6.61 Å². The quantitative estimate of drug-likeness (QED) is 0.470. The summed E-state index contributed by atoms with van der Waals surface area (Å²) in [5.41, 5.74) is 5.04. The van der Waals surface area contributed by atoms with Crippen molar-refractivity contribution in [3.05, 3.63) is 100 Å². The van der Waals surface area contributed by atoms with Gasteiger partial charge in [0.2, 0.25) is 0 Å². The molecule has 3 aromatic carbocycles. The van der Waals surface area contributed by atoms with Crippen LogP contribution in [0.4, 0.5) is 0 Å². The average molecular weight is 409 g/mol. The van der Waals surface area contributed by atoms with Crippen molar-refractivity contribution in [2.24, 2.45) is 5.10 Å². The first-order valence-electron chi connectivity index (χ1n) is 8.07. The van der Waals surface area contributed by atoms with Crippen LogP contribution in [-0.4, -0.2) is 12.1 Å². The van der Waals surface area contributed by atoms with Gasteiger partial charge in [-0.1, -0.05) is 42.5 Å². The van der Waals surface area contributed by atoms with E-state index in [1.165, 1.54) is 0 Å². The summed E-state index contributed by atoms with van der Waals surface area (Å²) < 4.78 is 6.47. The summed E-state index contributed by atoms with van der Waals surface area (Å²) in [7, 11) is 0. The van der Waals surface area contributed by atoms with Gasteiger partial charge in [0.1, 0.15) is 12.4 Å². The molecule has 4 nitrogen and oxygen atoms in total. The van der Waals surface area contributed by atoms with E-state index in [0.717, 1.165) is 21.3 Å². The van der Waals surface area contributed by atoms with E-state index in [-0.39, 0.29) is 5.91 Å². The number of benzene rings is 3. The van der Waals surface area contributed by atoms with E-state index in [2.05, 4.69) is 26.5 Å². The molecule has 0 saturated carbocycles. The van der Waals surface area contributed by atoms with Crippen molar-refractivity contribution < 1.29 is 9.53 Å². The number of hydrogen-bond acceptors (Lipinski definition) is 3. The lowest BCUT2D eigenvalue weighted by Crippen LogP contribution is -2.18. The van der Waals surface area contributed by atoms with Gasteiger partial charge in [0.15, 0.2) is 0 Å². The highest BCUT2D eigenvalue weighted by Gasteiger charge is 2.07. The number of carbonyl (C=O) groups excluding carboxylic acids is 1. The molecule has 0 radical (unpaired) electrons. The van der Waals surface area contributed by atoms with E-state index in [9.17, 15) is 4.79 Å². The van der Waals surface area contributed by atoms with Gasteiger partial charge < -0.3 is 4.74 Å². The Bertz CT molecular complexity index is 893.